The largest absolute Gasteiger partial charge is 0.373 e. The fourth-order valence-electron chi connectivity index (χ4n) is 4.82. The van der Waals surface area contributed by atoms with Crippen molar-refractivity contribution in [3.05, 3.63) is 75.7 Å². The van der Waals surface area contributed by atoms with Crippen LogP contribution in [0.3, 0.4) is 0 Å². The van der Waals surface area contributed by atoms with Gasteiger partial charge in [-0.05, 0) is 50.5 Å². The summed E-state index contributed by atoms with van der Waals surface area (Å²) in [6.07, 6.45) is 6.41. The Hall–Kier alpha value is -2.92. The van der Waals surface area contributed by atoms with Crippen LogP contribution in [0.15, 0.2) is 53.5 Å². The first-order valence-electron chi connectivity index (χ1n) is 11.1. The Morgan fingerprint density at radius 3 is 2.48 bits per heavy atom. The molecule has 1 heterocycles. The molecule has 1 amide bonds. The standard InChI is InChI=1S/C26H30N2O3/c1-17-13-18(2)15-19(14-17)16-24(29)27-23-10-6-9-22-21(23)11-12-28(26(22)31)25(30)20-7-4-3-5-8-20/h6,9-15,20,25,30H,3-5,7-8,16H2,1-2H3,(H,27,29). The van der Waals surface area contributed by atoms with Gasteiger partial charge in [0.15, 0.2) is 0 Å². The Labute approximate surface area is 182 Å². The summed E-state index contributed by atoms with van der Waals surface area (Å²) in [5, 5.41) is 15.0. The Bertz CT molecular complexity index is 1140. The van der Waals surface area contributed by atoms with Gasteiger partial charge in [0.25, 0.3) is 5.56 Å². The van der Waals surface area contributed by atoms with Crippen LogP contribution in [0.4, 0.5) is 5.69 Å². The highest BCUT2D eigenvalue weighted by Crippen LogP contribution is 2.31. The van der Waals surface area contributed by atoms with Crippen LogP contribution in [-0.4, -0.2) is 15.6 Å². The van der Waals surface area contributed by atoms with Gasteiger partial charge in [-0.3, -0.25) is 14.2 Å². The van der Waals surface area contributed by atoms with E-state index in [1.54, 1.807) is 18.3 Å². The first-order chi connectivity index (χ1) is 14.9. The van der Waals surface area contributed by atoms with Crippen LogP contribution < -0.4 is 10.9 Å². The zero-order valence-corrected chi connectivity index (χ0v) is 18.2. The van der Waals surface area contributed by atoms with Gasteiger partial charge < -0.3 is 10.4 Å². The fourth-order valence-corrected chi connectivity index (χ4v) is 4.82. The van der Waals surface area contributed by atoms with E-state index >= 15 is 0 Å². The molecule has 0 aliphatic heterocycles. The van der Waals surface area contributed by atoms with Crippen LogP contribution in [0.25, 0.3) is 10.8 Å². The van der Waals surface area contributed by atoms with E-state index in [0.29, 0.717) is 16.5 Å². The monoisotopic (exact) mass is 418 g/mol. The van der Waals surface area contributed by atoms with Crippen molar-refractivity contribution in [2.75, 3.05) is 5.32 Å². The molecule has 1 saturated carbocycles. The SMILES string of the molecule is Cc1cc(C)cc(CC(=O)Nc2cccc3c(=O)n(C(O)C4CCCCC4)ccc23)c1. The maximum Gasteiger partial charge on any atom is 0.260 e. The Morgan fingerprint density at radius 1 is 1.06 bits per heavy atom. The molecule has 1 aliphatic carbocycles. The van der Waals surface area contributed by atoms with E-state index in [2.05, 4.69) is 11.4 Å². The molecule has 0 saturated heterocycles. The molecular weight excluding hydrogens is 388 g/mol. The molecule has 1 unspecified atom stereocenters. The lowest BCUT2D eigenvalue weighted by molar-refractivity contribution is -0.115. The third kappa shape index (κ3) is 4.72. The van der Waals surface area contributed by atoms with Crippen molar-refractivity contribution in [2.45, 2.75) is 58.6 Å². The van der Waals surface area contributed by atoms with E-state index in [-0.39, 0.29) is 23.8 Å². The van der Waals surface area contributed by atoms with E-state index in [4.69, 9.17) is 0 Å². The topological polar surface area (TPSA) is 71.3 Å². The first-order valence-corrected chi connectivity index (χ1v) is 11.1. The molecule has 0 spiro atoms. The van der Waals surface area contributed by atoms with Gasteiger partial charge in [-0.2, -0.15) is 0 Å². The lowest BCUT2D eigenvalue weighted by Crippen LogP contribution is -2.30. The van der Waals surface area contributed by atoms with Gasteiger partial charge in [0, 0.05) is 28.6 Å². The molecule has 1 fully saturated rings. The summed E-state index contributed by atoms with van der Waals surface area (Å²) < 4.78 is 1.44. The number of rotatable bonds is 5. The lowest BCUT2D eigenvalue weighted by atomic mass is 9.88. The minimum absolute atomic E-state index is 0.115. The third-order valence-electron chi connectivity index (χ3n) is 6.25. The Morgan fingerprint density at radius 2 is 1.77 bits per heavy atom. The molecule has 2 N–H and O–H groups in total. The smallest absolute Gasteiger partial charge is 0.260 e. The number of nitrogens with one attached hydrogen (secondary N) is 1. The first kappa shape index (κ1) is 21.3. The summed E-state index contributed by atoms with van der Waals surface area (Å²) in [5.74, 6) is -0.00603. The molecule has 0 bridgehead atoms. The van der Waals surface area contributed by atoms with Crippen molar-refractivity contribution >= 4 is 22.4 Å². The number of aliphatic hydroxyl groups excluding tert-OH is 1. The summed E-state index contributed by atoms with van der Waals surface area (Å²) in [7, 11) is 0. The van der Waals surface area contributed by atoms with E-state index in [1.165, 1.54) is 11.0 Å². The third-order valence-corrected chi connectivity index (χ3v) is 6.25. The number of hydrogen-bond donors (Lipinski definition) is 2. The number of aliphatic hydroxyl groups is 1. The predicted molar refractivity (Wildman–Crippen MR) is 124 cm³/mol. The molecule has 1 atom stereocenters. The minimum atomic E-state index is -0.806. The maximum absolute atomic E-state index is 13.1. The number of fused-ring (bicyclic) bond motifs is 1. The van der Waals surface area contributed by atoms with Crippen LogP contribution in [-0.2, 0) is 11.2 Å². The molecule has 5 heteroatoms. The number of carbonyl (C=O) groups is 1. The van der Waals surface area contributed by atoms with Crippen molar-refractivity contribution in [1.29, 1.82) is 0 Å². The van der Waals surface area contributed by atoms with Gasteiger partial charge in [-0.15, -0.1) is 0 Å². The summed E-state index contributed by atoms with van der Waals surface area (Å²) >= 11 is 0. The zero-order valence-electron chi connectivity index (χ0n) is 18.2. The van der Waals surface area contributed by atoms with Gasteiger partial charge in [0.2, 0.25) is 5.91 Å². The van der Waals surface area contributed by atoms with Crippen LogP contribution in [0, 0.1) is 19.8 Å². The minimum Gasteiger partial charge on any atom is -0.373 e. The molecule has 3 aromatic rings. The van der Waals surface area contributed by atoms with Crippen LogP contribution in [0.5, 0.6) is 0 Å². The van der Waals surface area contributed by atoms with Crippen molar-refractivity contribution in [1.82, 2.24) is 4.57 Å². The highest BCUT2D eigenvalue weighted by atomic mass is 16.3. The Balaban J connectivity index is 1.58. The van der Waals surface area contributed by atoms with Crippen LogP contribution in [0.1, 0.15) is 55.0 Å². The summed E-state index contributed by atoms with van der Waals surface area (Å²) in [6.45, 7) is 4.04. The van der Waals surface area contributed by atoms with Gasteiger partial charge >= 0.3 is 0 Å². The number of anilines is 1. The number of nitrogens with zero attached hydrogens (tertiary/aromatic N) is 1. The van der Waals surface area contributed by atoms with Gasteiger partial charge in [0.1, 0.15) is 6.23 Å². The molecule has 31 heavy (non-hydrogen) atoms. The number of hydrogen-bond acceptors (Lipinski definition) is 3. The zero-order chi connectivity index (χ0) is 22.0. The second-order valence-electron chi connectivity index (χ2n) is 8.83. The highest BCUT2D eigenvalue weighted by Gasteiger charge is 2.24. The van der Waals surface area contributed by atoms with E-state index < -0.39 is 6.23 Å². The molecule has 5 nitrogen and oxygen atoms in total. The van der Waals surface area contributed by atoms with Crippen LogP contribution >= 0.6 is 0 Å². The van der Waals surface area contributed by atoms with E-state index in [9.17, 15) is 14.7 Å². The number of aromatic nitrogens is 1. The number of amides is 1. The molecule has 1 aliphatic rings. The average molecular weight is 419 g/mol. The molecule has 2 aromatic carbocycles. The van der Waals surface area contributed by atoms with Gasteiger partial charge in [-0.1, -0.05) is 54.7 Å². The summed E-state index contributed by atoms with van der Waals surface area (Å²) in [6, 6.07) is 13.3. The van der Waals surface area contributed by atoms with E-state index in [0.717, 1.165) is 42.4 Å². The normalized spacial score (nSPS) is 15.7. The second kappa shape index (κ2) is 9.06. The summed E-state index contributed by atoms with van der Waals surface area (Å²) in [4.78, 5) is 25.8. The molecular formula is C26H30N2O3. The maximum atomic E-state index is 13.1. The number of benzene rings is 2. The fraction of sp³-hybridized carbons (Fsp3) is 0.385. The number of pyridine rings is 1. The molecule has 0 radical (unpaired) electrons. The molecule has 4 rings (SSSR count). The van der Waals surface area contributed by atoms with Gasteiger partial charge in [-0.25, -0.2) is 0 Å². The second-order valence-corrected chi connectivity index (χ2v) is 8.83. The average Bonchev–Trinajstić information content (AvgIpc) is 2.74. The van der Waals surface area contributed by atoms with Crippen molar-refractivity contribution in [3.8, 4) is 0 Å². The highest BCUT2D eigenvalue weighted by molar-refractivity contribution is 6.02. The van der Waals surface area contributed by atoms with Crippen molar-refractivity contribution in [3.63, 3.8) is 0 Å². The number of carbonyl (C=O) groups excluding carboxylic acids is 1. The quantitative estimate of drug-likeness (QED) is 0.621. The van der Waals surface area contributed by atoms with E-state index in [1.807, 2.05) is 38.1 Å². The molecule has 162 valence electrons. The van der Waals surface area contributed by atoms with Gasteiger partial charge in [0.05, 0.1) is 6.42 Å². The van der Waals surface area contributed by atoms with Crippen molar-refractivity contribution < 1.29 is 9.90 Å². The molecule has 1 aromatic heterocycles. The predicted octanol–water partition coefficient (Wildman–Crippen LogP) is 4.87. The Kier molecular flexibility index (Phi) is 6.23. The van der Waals surface area contributed by atoms with Crippen LogP contribution in [0.2, 0.25) is 0 Å². The number of aryl methyl sites for hydroxylation is 2. The lowest BCUT2D eigenvalue weighted by Gasteiger charge is -2.28. The summed E-state index contributed by atoms with van der Waals surface area (Å²) in [5.41, 5.74) is 3.62. The van der Waals surface area contributed by atoms with Crippen molar-refractivity contribution in [2.24, 2.45) is 5.92 Å².